The summed E-state index contributed by atoms with van der Waals surface area (Å²) in [7, 11) is 0. The Balaban J connectivity index is 2.02. The third-order valence-electron chi connectivity index (χ3n) is 3.83. The molecule has 0 spiro atoms. The minimum atomic E-state index is 0.474. The molecule has 0 saturated heterocycles. The summed E-state index contributed by atoms with van der Waals surface area (Å²) in [5, 5.41) is 0. The second kappa shape index (κ2) is 6.10. The first-order valence-electron chi connectivity index (χ1n) is 7.56. The molecule has 0 saturated carbocycles. The number of nitrogens with zero attached hydrogens (tertiary/aromatic N) is 2. The molecule has 0 unspecified atom stereocenters. The van der Waals surface area contributed by atoms with Crippen molar-refractivity contribution in [1.82, 2.24) is 9.38 Å². The lowest BCUT2D eigenvalue weighted by Crippen LogP contribution is -2.03. The van der Waals surface area contributed by atoms with Crippen LogP contribution in [0.3, 0.4) is 0 Å². The first kappa shape index (κ1) is 15.1. The highest BCUT2D eigenvalue weighted by Crippen LogP contribution is 2.31. The van der Waals surface area contributed by atoms with Crippen LogP contribution in [0, 0.1) is 13.8 Å². The van der Waals surface area contributed by atoms with Gasteiger partial charge in [0.2, 0.25) is 0 Å². The van der Waals surface area contributed by atoms with Crippen LogP contribution in [0.1, 0.15) is 29.6 Å². The standard InChI is InChI=1S/C17H21N3OS/c1-4-9-21-14-7-5-13(6-8-14)16-15(10-18)20-11(2)12(3)22-17(20)19-16/h5-8H,4,9-10,18H2,1-3H3. The van der Waals surface area contributed by atoms with E-state index in [2.05, 4.69) is 37.3 Å². The van der Waals surface area contributed by atoms with Crippen LogP contribution in [0.15, 0.2) is 24.3 Å². The van der Waals surface area contributed by atoms with Gasteiger partial charge in [-0.3, -0.25) is 4.40 Å². The van der Waals surface area contributed by atoms with E-state index in [1.807, 2.05) is 12.1 Å². The third kappa shape index (κ3) is 2.51. The van der Waals surface area contributed by atoms with Crippen molar-refractivity contribution in [2.24, 2.45) is 5.73 Å². The molecule has 0 amide bonds. The first-order valence-corrected chi connectivity index (χ1v) is 8.38. The zero-order valence-corrected chi connectivity index (χ0v) is 14.0. The van der Waals surface area contributed by atoms with E-state index in [-0.39, 0.29) is 0 Å². The molecule has 2 N–H and O–H groups in total. The third-order valence-corrected chi connectivity index (χ3v) is 4.88. The van der Waals surface area contributed by atoms with Crippen LogP contribution in [-0.2, 0) is 6.54 Å². The molecule has 2 heterocycles. The lowest BCUT2D eigenvalue weighted by Gasteiger charge is -2.06. The van der Waals surface area contributed by atoms with Crippen molar-refractivity contribution >= 4 is 16.3 Å². The number of aryl methyl sites for hydroxylation is 2. The van der Waals surface area contributed by atoms with Gasteiger partial charge in [0.05, 0.1) is 18.0 Å². The topological polar surface area (TPSA) is 52.5 Å². The summed E-state index contributed by atoms with van der Waals surface area (Å²) in [6.45, 7) is 7.55. The van der Waals surface area contributed by atoms with E-state index >= 15 is 0 Å². The zero-order chi connectivity index (χ0) is 15.7. The smallest absolute Gasteiger partial charge is 0.194 e. The largest absolute Gasteiger partial charge is 0.494 e. The van der Waals surface area contributed by atoms with E-state index in [9.17, 15) is 0 Å². The van der Waals surface area contributed by atoms with Gasteiger partial charge in [0.25, 0.3) is 0 Å². The van der Waals surface area contributed by atoms with Crippen LogP contribution in [-0.4, -0.2) is 16.0 Å². The van der Waals surface area contributed by atoms with Crippen molar-refractivity contribution in [3.8, 4) is 17.0 Å². The summed E-state index contributed by atoms with van der Waals surface area (Å²) < 4.78 is 7.81. The summed E-state index contributed by atoms with van der Waals surface area (Å²) in [6, 6.07) is 8.10. The van der Waals surface area contributed by atoms with Crippen molar-refractivity contribution in [2.45, 2.75) is 33.7 Å². The molecule has 0 aliphatic rings. The maximum atomic E-state index is 5.99. The van der Waals surface area contributed by atoms with E-state index in [0.717, 1.165) is 40.7 Å². The molecule has 3 aromatic rings. The molecular weight excluding hydrogens is 294 g/mol. The van der Waals surface area contributed by atoms with Crippen molar-refractivity contribution in [3.05, 3.63) is 40.5 Å². The van der Waals surface area contributed by atoms with Gasteiger partial charge in [-0.05, 0) is 44.5 Å². The van der Waals surface area contributed by atoms with Gasteiger partial charge in [0.15, 0.2) is 4.96 Å². The molecule has 1 aromatic carbocycles. The van der Waals surface area contributed by atoms with Gasteiger partial charge in [0, 0.05) is 22.7 Å². The van der Waals surface area contributed by atoms with Gasteiger partial charge < -0.3 is 10.5 Å². The van der Waals surface area contributed by atoms with Crippen molar-refractivity contribution < 1.29 is 4.74 Å². The highest BCUT2D eigenvalue weighted by molar-refractivity contribution is 7.17. The number of benzene rings is 1. The monoisotopic (exact) mass is 315 g/mol. The Morgan fingerprint density at radius 3 is 2.59 bits per heavy atom. The van der Waals surface area contributed by atoms with Gasteiger partial charge in [-0.15, -0.1) is 11.3 Å². The van der Waals surface area contributed by atoms with Gasteiger partial charge >= 0.3 is 0 Å². The average molecular weight is 315 g/mol. The van der Waals surface area contributed by atoms with Crippen LogP contribution < -0.4 is 10.5 Å². The lowest BCUT2D eigenvalue weighted by molar-refractivity contribution is 0.317. The Morgan fingerprint density at radius 1 is 1.23 bits per heavy atom. The summed E-state index contributed by atoms with van der Waals surface area (Å²) in [4.78, 5) is 7.08. The second-order valence-corrected chi connectivity index (χ2v) is 6.53. The van der Waals surface area contributed by atoms with Gasteiger partial charge in [-0.25, -0.2) is 4.98 Å². The molecule has 116 valence electrons. The molecule has 3 rings (SSSR count). The maximum Gasteiger partial charge on any atom is 0.194 e. The molecule has 22 heavy (non-hydrogen) atoms. The van der Waals surface area contributed by atoms with Crippen LogP contribution in [0.2, 0.25) is 0 Å². The molecule has 0 fully saturated rings. The molecule has 4 nitrogen and oxygen atoms in total. The molecule has 0 bridgehead atoms. The number of ether oxygens (including phenoxy) is 1. The van der Waals surface area contributed by atoms with Crippen molar-refractivity contribution in [1.29, 1.82) is 0 Å². The van der Waals surface area contributed by atoms with Crippen LogP contribution in [0.25, 0.3) is 16.2 Å². The normalized spacial score (nSPS) is 11.3. The SMILES string of the molecule is CCCOc1ccc(-c2nc3sc(C)c(C)n3c2CN)cc1. The maximum absolute atomic E-state index is 5.99. The Morgan fingerprint density at radius 2 is 1.95 bits per heavy atom. The fraction of sp³-hybridized carbons (Fsp3) is 0.353. The van der Waals surface area contributed by atoms with Crippen LogP contribution in [0.4, 0.5) is 0 Å². The Hall–Kier alpha value is -1.85. The number of fused-ring (bicyclic) bond motifs is 1. The molecule has 0 aliphatic heterocycles. The minimum Gasteiger partial charge on any atom is -0.494 e. The van der Waals surface area contributed by atoms with Gasteiger partial charge in [-0.2, -0.15) is 0 Å². The number of rotatable bonds is 5. The average Bonchev–Trinajstić information content (AvgIpc) is 3.02. The zero-order valence-electron chi connectivity index (χ0n) is 13.2. The van der Waals surface area contributed by atoms with E-state index in [1.165, 1.54) is 10.6 Å². The summed E-state index contributed by atoms with van der Waals surface area (Å²) in [6.07, 6.45) is 1.01. The summed E-state index contributed by atoms with van der Waals surface area (Å²) in [5.74, 6) is 0.896. The summed E-state index contributed by atoms with van der Waals surface area (Å²) in [5.41, 5.74) is 10.3. The number of aromatic nitrogens is 2. The van der Waals surface area contributed by atoms with E-state index < -0.39 is 0 Å². The molecule has 2 aromatic heterocycles. The predicted octanol–water partition coefficient (Wildman–Crippen LogP) is 3.93. The predicted molar refractivity (Wildman–Crippen MR) is 91.7 cm³/mol. The lowest BCUT2D eigenvalue weighted by atomic mass is 10.1. The molecule has 0 aliphatic carbocycles. The van der Waals surface area contributed by atoms with E-state index in [4.69, 9.17) is 15.5 Å². The quantitative estimate of drug-likeness (QED) is 0.776. The molecule has 0 radical (unpaired) electrons. The fourth-order valence-electron chi connectivity index (χ4n) is 2.56. The fourth-order valence-corrected chi connectivity index (χ4v) is 3.55. The first-order chi connectivity index (χ1) is 10.7. The molecule has 0 atom stereocenters. The van der Waals surface area contributed by atoms with Crippen LogP contribution >= 0.6 is 11.3 Å². The second-order valence-electron chi connectivity index (χ2n) is 5.35. The van der Waals surface area contributed by atoms with Crippen molar-refractivity contribution in [3.63, 3.8) is 0 Å². The van der Waals surface area contributed by atoms with Crippen molar-refractivity contribution in [2.75, 3.05) is 6.61 Å². The number of nitrogens with two attached hydrogens (primary N) is 1. The number of hydrogen-bond acceptors (Lipinski definition) is 4. The van der Waals surface area contributed by atoms with Gasteiger partial charge in [0.1, 0.15) is 5.75 Å². The Kier molecular flexibility index (Phi) is 4.18. The Bertz CT molecular complexity index is 786. The Labute approximate surface area is 134 Å². The number of hydrogen-bond donors (Lipinski definition) is 1. The highest BCUT2D eigenvalue weighted by atomic mass is 32.1. The van der Waals surface area contributed by atoms with Gasteiger partial charge in [-0.1, -0.05) is 6.92 Å². The molecular formula is C17H21N3OS. The summed E-state index contributed by atoms with van der Waals surface area (Å²) >= 11 is 1.71. The molecule has 5 heteroatoms. The highest BCUT2D eigenvalue weighted by Gasteiger charge is 2.17. The number of thiazole rings is 1. The minimum absolute atomic E-state index is 0.474. The number of imidazole rings is 1. The van der Waals surface area contributed by atoms with E-state index in [1.54, 1.807) is 11.3 Å². The van der Waals surface area contributed by atoms with E-state index in [0.29, 0.717) is 6.54 Å². The van der Waals surface area contributed by atoms with Crippen LogP contribution in [0.5, 0.6) is 5.75 Å².